The van der Waals surface area contributed by atoms with Crippen molar-refractivity contribution in [2.45, 2.75) is 65.6 Å². The molecule has 27 heavy (non-hydrogen) atoms. The number of ether oxygens (including phenoxy) is 1. The standard InChI is InChI=1S/C19H32N4O3.HI/c1-13-10-15(14(2)25-13)11-21-17(20-6)22-16-8-7-9-23(12-16)18(24)26-19(3,4)5;/h10,16H,7-9,11-12H2,1-6H3,(H2,20,21,22);1H. The van der Waals surface area contributed by atoms with Gasteiger partial charge in [0.15, 0.2) is 5.96 Å². The number of nitrogens with one attached hydrogen (secondary N) is 2. The summed E-state index contributed by atoms with van der Waals surface area (Å²) in [6.45, 7) is 11.5. The average Bonchev–Trinajstić information content (AvgIpc) is 2.87. The molecule has 1 amide bonds. The minimum absolute atomic E-state index is 0. The number of aryl methyl sites for hydroxylation is 2. The number of piperidine rings is 1. The number of rotatable bonds is 3. The lowest BCUT2D eigenvalue weighted by atomic mass is 10.1. The molecule has 7 nitrogen and oxygen atoms in total. The fourth-order valence-electron chi connectivity index (χ4n) is 3.01. The molecule has 154 valence electrons. The lowest BCUT2D eigenvalue weighted by Gasteiger charge is -2.35. The number of likely N-dealkylation sites (tertiary alicyclic amines) is 1. The lowest BCUT2D eigenvalue weighted by molar-refractivity contribution is 0.0193. The Hall–Kier alpha value is -1.45. The molecule has 2 heterocycles. The number of furan rings is 1. The Labute approximate surface area is 179 Å². The molecule has 1 aromatic rings. The van der Waals surface area contributed by atoms with Gasteiger partial charge in [0.2, 0.25) is 0 Å². The first kappa shape index (κ1) is 23.6. The summed E-state index contributed by atoms with van der Waals surface area (Å²) in [5.74, 6) is 2.54. The number of hydrogen-bond donors (Lipinski definition) is 2. The number of amides is 1. The largest absolute Gasteiger partial charge is 0.466 e. The number of carbonyl (C=O) groups excluding carboxylic acids is 1. The monoisotopic (exact) mass is 492 g/mol. The topological polar surface area (TPSA) is 79.1 Å². The van der Waals surface area contributed by atoms with Crippen LogP contribution < -0.4 is 10.6 Å². The van der Waals surface area contributed by atoms with Crippen molar-refractivity contribution in [3.8, 4) is 0 Å². The Morgan fingerprint density at radius 1 is 1.41 bits per heavy atom. The van der Waals surface area contributed by atoms with Gasteiger partial charge in [-0.1, -0.05) is 0 Å². The molecule has 0 radical (unpaired) electrons. The van der Waals surface area contributed by atoms with Crippen molar-refractivity contribution in [2.75, 3.05) is 20.1 Å². The Balaban J connectivity index is 0.00000364. The van der Waals surface area contributed by atoms with Gasteiger partial charge in [0.25, 0.3) is 0 Å². The second-order valence-corrected chi connectivity index (χ2v) is 7.77. The average molecular weight is 492 g/mol. The van der Waals surface area contributed by atoms with E-state index in [4.69, 9.17) is 9.15 Å². The molecule has 0 aromatic carbocycles. The van der Waals surface area contributed by atoms with E-state index in [-0.39, 0.29) is 36.1 Å². The van der Waals surface area contributed by atoms with E-state index in [1.54, 1.807) is 11.9 Å². The third-order valence-corrected chi connectivity index (χ3v) is 4.23. The van der Waals surface area contributed by atoms with Crippen LogP contribution in [0.5, 0.6) is 0 Å². The van der Waals surface area contributed by atoms with Crippen LogP contribution >= 0.6 is 24.0 Å². The van der Waals surface area contributed by atoms with Crippen LogP contribution in [0.2, 0.25) is 0 Å². The van der Waals surface area contributed by atoms with Crippen molar-refractivity contribution in [3.63, 3.8) is 0 Å². The summed E-state index contributed by atoms with van der Waals surface area (Å²) < 4.78 is 11.0. The highest BCUT2D eigenvalue weighted by Crippen LogP contribution is 2.16. The third-order valence-electron chi connectivity index (χ3n) is 4.23. The fourth-order valence-corrected chi connectivity index (χ4v) is 3.01. The highest BCUT2D eigenvalue weighted by molar-refractivity contribution is 14.0. The van der Waals surface area contributed by atoms with Crippen LogP contribution in [0.4, 0.5) is 4.79 Å². The van der Waals surface area contributed by atoms with E-state index in [0.29, 0.717) is 13.1 Å². The maximum atomic E-state index is 12.3. The summed E-state index contributed by atoms with van der Waals surface area (Å²) in [6, 6.07) is 2.18. The zero-order valence-corrected chi connectivity index (χ0v) is 19.5. The van der Waals surface area contributed by atoms with Crippen LogP contribution in [0.1, 0.15) is 50.7 Å². The normalized spacial score (nSPS) is 17.9. The Kier molecular flexibility index (Phi) is 8.90. The van der Waals surface area contributed by atoms with Gasteiger partial charge in [0, 0.05) is 38.3 Å². The second kappa shape index (κ2) is 10.2. The fraction of sp³-hybridized carbons (Fsp3) is 0.684. The molecule has 1 atom stereocenters. The summed E-state index contributed by atoms with van der Waals surface area (Å²) in [5, 5.41) is 6.72. The summed E-state index contributed by atoms with van der Waals surface area (Å²) in [4.78, 5) is 18.3. The number of guanidine groups is 1. The quantitative estimate of drug-likeness (QED) is 0.383. The molecule has 0 spiro atoms. The predicted molar refractivity (Wildman–Crippen MR) is 118 cm³/mol. The number of carbonyl (C=O) groups is 1. The van der Waals surface area contributed by atoms with Gasteiger partial charge in [-0.2, -0.15) is 0 Å². The molecule has 2 N–H and O–H groups in total. The van der Waals surface area contributed by atoms with E-state index >= 15 is 0 Å². The minimum Gasteiger partial charge on any atom is -0.466 e. The summed E-state index contributed by atoms with van der Waals surface area (Å²) in [7, 11) is 1.75. The number of aliphatic imine (C=N–C) groups is 1. The highest BCUT2D eigenvalue weighted by Gasteiger charge is 2.28. The van der Waals surface area contributed by atoms with Crippen molar-refractivity contribution in [1.29, 1.82) is 0 Å². The Morgan fingerprint density at radius 3 is 2.67 bits per heavy atom. The SMILES string of the molecule is CN=C(NCc1cc(C)oc1C)NC1CCCN(C(=O)OC(C)(C)C)C1.I. The molecule has 1 saturated heterocycles. The summed E-state index contributed by atoms with van der Waals surface area (Å²) in [6.07, 6.45) is 1.68. The summed E-state index contributed by atoms with van der Waals surface area (Å²) >= 11 is 0. The maximum Gasteiger partial charge on any atom is 0.410 e. The van der Waals surface area contributed by atoms with Crippen LogP contribution in [0, 0.1) is 13.8 Å². The molecule has 8 heteroatoms. The maximum absolute atomic E-state index is 12.3. The Morgan fingerprint density at radius 2 is 2.11 bits per heavy atom. The van der Waals surface area contributed by atoms with Gasteiger partial charge in [0.1, 0.15) is 17.1 Å². The van der Waals surface area contributed by atoms with Gasteiger partial charge >= 0.3 is 6.09 Å². The van der Waals surface area contributed by atoms with E-state index in [1.165, 1.54) is 0 Å². The van der Waals surface area contributed by atoms with E-state index in [9.17, 15) is 4.79 Å². The zero-order chi connectivity index (χ0) is 19.3. The minimum atomic E-state index is -0.477. The van der Waals surface area contributed by atoms with Crippen molar-refractivity contribution in [1.82, 2.24) is 15.5 Å². The molecule has 0 bridgehead atoms. The van der Waals surface area contributed by atoms with Crippen molar-refractivity contribution < 1.29 is 13.9 Å². The van der Waals surface area contributed by atoms with E-state index < -0.39 is 5.60 Å². The molecule has 0 saturated carbocycles. The zero-order valence-electron chi connectivity index (χ0n) is 17.2. The van der Waals surface area contributed by atoms with Crippen molar-refractivity contribution >= 4 is 36.0 Å². The van der Waals surface area contributed by atoms with E-state index in [1.807, 2.05) is 40.7 Å². The second-order valence-electron chi connectivity index (χ2n) is 7.77. The van der Waals surface area contributed by atoms with Crippen LogP contribution in [0.25, 0.3) is 0 Å². The number of hydrogen-bond acceptors (Lipinski definition) is 4. The first-order chi connectivity index (χ1) is 12.2. The highest BCUT2D eigenvalue weighted by atomic mass is 127. The first-order valence-electron chi connectivity index (χ1n) is 9.19. The van der Waals surface area contributed by atoms with Gasteiger partial charge in [-0.15, -0.1) is 24.0 Å². The molecular weight excluding hydrogens is 459 g/mol. The molecule has 1 unspecified atom stereocenters. The number of nitrogens with zero attached hydrogens (tertiary/aromatic N) is 2. The van der Waals surface area contributed by atoms with Crippen molar-refractivity contribution in [3.05, 3.63) is 23.2 Å². The predicted octanol–water partition coefficient (Wildman–Crippen LogP) is 3.58. The number of halogens is 1. The molecule has 1 fully saturated rings. The van der Waals surface area contributed by atoms with Gasteiger partial charge in [0.05, 0.1) is 0 Å². The van der Waals surface area contributed by atoms with Gasteiger partial charge in [-0.25, -0.2) is 4.79 Å². The summed E-state index contributed by atoms with van der Waals surface area (Å²) in [5.41, 5.74) is 0.639. The molecule has 1 aromatic heterocycles. The van der Waals surface area contributed by atoms with Crippen LogP contribution in [-0.4, -0.2) is 48.7 Å². The van der Waals surface area contributed by atoms with E-state index in [2.05, 4.69) is 15.6 Å². The molecule has 1 aliphatic heterocycles. The van der Waals surface area contributed by atoms with Crippen LogP contribution in [-0.2, 0) is 11.3 Å². The van der Waals surface area contributed by atoms with Crippen LogP contribution in [0.15, 0.2) is 15.5 Å². The molecule has 2 rings (SSSR count). The molecule has 0 aliphatic carbocycles. The van der Waals surface area contributed by atoms with Gasteiger partial charge in [-0.05, 0) is 53.5 Å². The smallest absolute Gasteiger partial charge is 0.410 e. The van der Waals surface area contributed by atoms with Crippen molar-refractivity contribution in [2.24, 2.45) is 4.99 Å². The lowest BCUT2D eigenvalue weighted by Crippen LogP contribution is -2.53. The van der Waals surface area contributed by atoms with Crippen LogP contribution in [0.3, 0.4) is 0 Å². The third kappa shape index (κ3) is 7.59. The van der Waals surface area contributed by atoms with E-state index in [0.717, 1.165) is 42.4 Å². The Bertz CT molecular complexity index is 652. The van der Waals surface area contributed by atoms with Gasteiger partial charge < -0.3 is 24.7 Å². The first-order valence-corrected chi connectivity index (χ1v) is 9.19. The molecular formula is C19H33IN4O3. The van der Waals surface area contributed by atoms with Gasteiger partial charge in [-0.3, -0.25) is 4.99 Å². The molecule has 1 aliphatic rings.